The van der Waals surface area contributed by atoms with E-state index in [2.05, 4.69) is 15.2 Å². The van der Waals surface area contributed by atoms with Crippen molar-refractivity contribution in [1.29, 1.82) is 0 Å². The van der Waals surface area contributed by atoms with Crippen molar-refractivity contribution in [2.24, 2.45) is 5.92 Å². The fourth-order valence-corrected chi connectivity index (χ4v) is 4.19. The van der Waals surface area contributed by atoms with Crippen LogP contribution in [-0.2, 0) is 22.6 Å². The molecular formula is C24H30N6O2. The molecule has 1 aromatic carbocycles. The number of hydrogen-bond donors (Lipinski definition) is 0. The van der Waals surface area contributed by atoms with Crippen molar-refractivity contribution in [2.75, 3.05) is 26.7 Å². The number of fused-ring (bicyclic) bond motifs is 1. The number of pyridine rings is 1. The number of carbonyl (C=O) groups excluding carboxylic acids is 2. The quantitative estimate of drug-likeness (QED) is 0.544. The largest absolute Gasteiger partial charge is 0.345 e. The number of aromatic nitrogens is 4. The van der Waals surface area contributed by atoms with E-state index in [1.807, 2.05) is 54.4 Å². The van der Waals surface area contributed by atoms with E-state index in [1.165, 1.54) is 4.80 Å². The van der Waals surface area contributed by atoms with Gasteiger partial charge in [0.1, 0.15) is 17.6 Å². The number of benzene rings is 1. The molecule has 32 heavy (non-hydrogen) atoms. The Morgan fingerprint density at radius 2 is 1.84 bits per heavy atom. The molecule has 4 rings (SSSR count). The third-order valence-electron chi connectivity index (χ3n) is 6.10. The van der Waals surface area contributed by atoms with Gasteiger partial charge in [-0.2, -0.15) is 15.0 Å². The average Bonchev–Trinajstić information content (AvgIpc) is 3.24. The Balaban J connectivity index is 1.22. The van der Waals surface area contributed by atoms with Crippen molar-refractivity contribution in [2.45, 2.75) is 38.6 Å². The van der Waals surface area contributed by atoms with E-state index in [1.54, 1.807) is 11.1 Å². The number of hydrogen-bond acceptors (Lipinski definition) is 5. The van der Waals surface area contributed by atoms with Gasteiger partial charge in [-0.05, 0) is 49.4 Å². The molecule has 0 radical (unpaired) electrons. The second-order valence-corrected chi connectivity index (χ2v) is 8.49. The Morgan fingerprint density at radius 3 is 2.56 bits per heavy atom. The molecule has 3 heterocycles. The summed E-state index contributed by atoms with van der Waals surface area (Å²) in [5.41, 5.74) is 2.58. The van der Waals surface area contributed by atoms with Gasteiger partial charge < -0.3 is 9.80 Å². The highest BCUT2D eigenvalue weighted by Crippen LogP contribution is 2.22. The molecule has 168 valence electrons. The van der Waals surface area contributed by atoms with E-state index in [9.17, 15) is 9.59 Å². The van der Waals surface area contributed by atoms with Gasteiger partial charge in [0.2, 0.25) is 11.8 Å². The van der Waals surface area contributed by atoms with Crippen LogP contribution in [0, 0.1) is 5.92 Å². The van der Waals surface area contributed by atoms with Crippen molar-refractivity contribution in [3.8, 4) is 0 Å². The zero-order valence-corrected chi connectivity index (χ0v) is 18.6. The van der Waals surface area contributed by atoms with Gasteiger partial charge in [-0.3, -0.25) is 14.6 Å². The van der Waals surface area contributed by atoms with Crippen molar-refractivity contribution in [3.63, 3.8) is 0 Å². The Kier molecular flexibility index (Phi) is 7.09. The lowest BCUT2D eigenvalue weighted by atomic mass is 9.93. The molecule has 0 bridgehead atoms. The molecule has 1 saturated heterocycles. The summed E-state index contributed by atoms with van der Waals surface area (Å²) in [5.74, 6) is 0.538. The van der Waals surface area contributed by atoms with Crippen molar-refractivity contribution in [3.05, 3.63) is 54.4 Å². The Labute approximate surface area is 188 Å². The number of amides is 2. The first-order valence-corrected chi connectivity index (χ1v) is 11.3. The van der Waals surface area contributed by atoms with Gasteiger partial charge in [0.25, 0.3) is 0 Å². The molecule has 2 aromatic heterocycles. The van der Waals surface area contributed by atoms with Crippen LogP contribution in [0.25, 0.3) is 11.0 Å². The average molecular weight is 435 g/mol. The Morgan fingerprint density at radius 1 is 1.09 bits per heavy atom. The van der Waals surface area contributed by atoms with Crippen LogP contribution in [0.2, 0.25) is 0 Å². The van der Waals surface area contributed by atoms with Gasteiger partial charge in [0.05, 0.1) is 0 Å². The molecule has 0 unspecified atom stereocenters. The molecule has 0 N–H and O–H groups in total. The van der Waals surface area contributed by atoms with Crippen molar-refractivity contribution in [1.82, 2.24) is 29.8 Å². The first kappa shape index (κ1) is 21.9. The summed E-state index contributed by atoms with van der Waals surface area (Å²) < 4.78 is 0. The van der Waals surface area contributed by atoms with Crippen LogP contribution in [0.3, 0.4) is 0 Å². The summed E-state index contributed by atoms with van der Waals surface area (Å²) in [6.07, 6.45) is 5.87. The number of nitrogens with zero attached hydrogens (tertiary/aromatic N) is 6. The molecular weight excluding hydrogens is 404 g/mol. The number of rotatable bonds is 8. The highest BCUT2D eigenvalue weighted by molar-refractivity contribution is 5.77. The molecule has 8 heteroatoms. The van der Waals surface area contributed by atoms with Crippen LogP contribution in [0.5, 0.6) is 0 Å². The zero-order valence-electron chi connectivity index (χ0n) is 18.6. The molecule has 1 atom stereocenters. The first-order valence-electron chi connectivity index (χ1n) is 11.3. The van der Waals surface area contributed by atoms with Crippen LogP contribution < -0.4 is 0 Å². The maximum atomic E-state index is 12.8. The summed E-state index contributed by atoms with van der Waals surface area (Å²) in [7, 11) is 1.85. The van der Waals surface area contributed by atoms with Crippen molar-refractivity contribution >= 4 is 22.8 Å². The highest BCUT2D eigenvalue weighted by atomic mass is 16.2. The Hall–Kier alpha value is -3.29. The molecule has 0 aliphatic carbocycles. The van der Waals surface area contributed by atoms with E-state index in [0.717, 1.165) is 49.0 Å². The summed E-state index contributed by atoms with van der Waals surface area (Å²) in [5, 5.41) is 8.78. The van der Waals surface area contributed by atoms with Crippen molar-refractivity contribution < 1.29 is 9.59 Å². The maximum absolute atomic E-state index is 12.8. The number of likely N-dealkylation sites (N-methyl/N-ethyl adjacent to an activating group) is 1. The van der Waals surface area contributed by atoms with Crippen LogP contribution >= 0.6 is 0 Å². The lowest BCUT2D eigenvalue weighted by molar-refractivity contribution is -0.134. The van der Waals surface area contributed by atoms with E-state index in [4.69, 9.17) is 0 Å². The number of likely N-dealkylation sites (tertiary alicyclic amines) is 1. The predicted molar refractivity (Wildman–Crippen MR) is 122 cm³/mol. The lowest BCUT2D eigenvalue weighted by Gasteiger charge is -2.33. The standard InChI is InChI=1S/C24H30N6O2/c1-28(16-13-20-8-4-5-14-25-20)23(31)12-11-19-7-6-15-29(17-19)24(32)18-30-26-21-9-2-3-10-22(21)27-30/h2-5,8-10,14,19H,6-7,11-13,15-18H2,1H3/t19-/m0/s1. The lowest BCUT2D eigenvalue weighted by Crippen LogP contribution is -2.42. The van der Waals surface area contributed by atoms with Gasteiger partial charge in [-0.15, -0.1) is 0 Å². The van der Waals surface area contributed by atoms with Gasteiger partial charge in [0.15, 0.2) is 0 Å². The molecule has 8 nitrogen and oxygen atoms in total. The van der Waals surface area contributed by atoms with Crippen LogP contribution in [0.15, 0.2) is 48.7 Å². The predicted octanol–water partition coefficient (Wildman–Crippen LogP) is 2.55. The topological polar surface area (TPSA) is 84.2 Å². The van der Waals surface area contributed by atoms with Gasteiger partial charge in [0, 0.05) is 51.4 Å². The summed E-state index contributed by atoms with van der Waals surface area (Å²) >= 11 is 0. The molecule has 2 amide bonds. The number of carbonyl (C=O) groups is 2. The summed E-state index contributed by atoms with van der Waals surface area (Å²) in [6.45, 7) is 2.27. The zero-order chi connectivity index (χ0) is 22.3. The second kappa shape index (κ2) is 10.3. The van der Waals surface area contributed by atoms with E-state index in [0.29, 0.717) is 25.4 Å². The molecule has 1 fully saturated rings. The van der Waals surface area contributed by atoms with Gasteiger partial charge >= 0.3 is 0 Å². The smallest absolute Gasteiger partial charge is 0.246 e. The normalized spacial score (nSPS) is 16.3. The third-order valence-corrected chi connectivity index (χ3v) is 6.10. The fourth-order valence-electron chi connectivity index (χ4n) is 4.19. The fraction of sp³-hybridized carbons (Fsp3) is 0.458. The summed E-state index contributed by atoms with van der Waals surface area (Å²) in [6, 6.07) is 13.4. The molecule has 0 saturated carbocycles. The van der Waals surface area contributed by atoms with Gasteiger partial charge in [-0.25, -0.2) is 0 Å². The van der Waals surface area contributed by atoms with Gasteiger partial charge in [-0.1, -0.05) is 18.2 Å². The number of piperidine rings is 1. The molecule has 1 aliphatic rings. The van der Waals surface area contributed by atoms with Crippen LogP contribution in [0.4, 0.5) is 0 Å². The van der Waals surface area contributed by atoms with Crippen LogP contribution in [-0.4, -0.2) is 68.3 Å². The first-order chi connectivity index (χ1) is 15.6. The van der Waals surface area contributed by atoms with E-state index in [-0.39, 0.29) is 18.4 Å². The highest BCUT2D eigenvalue weighted by Gasteiger charge is 2.25. The monoisotopic (exact) mass is 434 g/mol. The van der Waals surface area contributed by atoms with E-state index >= 15 is 0 Å². The minimum absolute atomic E-state index is 0.0359. The molecule has 3 aromatic rings. The van der Waals surface area contributed by atoms with E-state index < -0.39 is 0 Å². The third kappa shape index (κ3) is 5.69. The SMILES string of the molecule is CN(CCc1ccccn1)C(=O)CC[C@@H]1CCCN(C(=O)Cn2nc3ccccc3n2)C1. The Bertz CT molecular complexity index is 1020. The molecule has 1 aliphatic heterocycles. The molecule has 0 spiro atoms. The minimum atomic E-state index is 0.0359. The second-order valence-electron chi connectivity index (χ2n) is 8.49. The maximum Gasteiger partial charge on any atom is 0.246 e. The minimum Gasteiger partial charge on any atom is -0.345 e. The van der Waals surface area contributed by atoms with Crippen LogP contribution in [0.1, 0.15) is 31.4 Å². The summed E-state index contributed by atoms with van der Waals surface area (Å²) in [4.78, 5) is 34.8.